The van der Waals surface area contributed by atoms with E-state index in [4.69, 9.17) is 0 Å². The summed E-state index contributed by atoms with van der Waals surface area (Å²) in [4.78, 5) is 1.33. The molecule has 0 spiro atoms. The lowest BCUT2D eigenvalue weighted by atomic mass is 10.1. The summed E-state index contributed by atoms with van der Waals surface area (Å²) in [5, 5.41) is 12.1. The number of nitrogens with zero attached hydrogens (tertiary/aromatic N) is 4. The first kappa shape index (κ1) is 13.7. The van der Waals surface area contributed by atoms with E-state index in [1.165, 1.54) is 4.80 Å². The van der Waals surface area contributed by atoms with Crippen LogP contribution in [0.3, 0.4) is 0 Å². The predicted octanol–water partition coefficient (Wildman–Crippen LogP) is 1.08. The van der Waals surface area contributed by atoms with Crippen LogP contribution < -0.4 is 0 Å². The Morgan fingerprint density at radius 3 is 2.68 bits per heavy atom. The third kappa shape index (κ3) is 3.37. The Hall–Kier alpha value is -1.76. The van der Waals surface area contributed by atoms with Crippen molar-refractivity contribution >= 4 is 9.84 Å². The van der Waals surface area contributed by atoms with E-state index in [1.807, 2.05) is 31.2 Å². The van der Waals surface area contributed by atoms with Gasteiger partial charge in [0, 0.05) is 11.3 Å². The summed E-state index contributed by atoms with van der Waals surface area (Å²) in [5.41, 5.74) is 1.97. The molecule has 6 nitrogen and oxygen atoms in total. The molecule has 19 heavy (non-hydrogen) atoms. The zero-order valence-corrected chi connectivity index (χ0v) is 11.8. The SMILES string of the molecule is CCS(=O)(=O)CCn1nnc(-c2ccccc2C)n1. The summed E-state index contributed by atoms with van der Waals surface area (Å²) in [5.74, 6) is 0.686. The van der Waals surface area contributed by atoms with Crippen LogP contribution in [0.15, 0.2) is 24.3 Å². The highest BCUT2D eigenvalue weighted by Gasteiger charge is 2.11. The topological polar surface area (TPSA) is 77.7 Å². The van der Waals surface area contributed by atoms with Crippen molar-refractivity contribution in [1.82, 2.24) is 20.2 Å². The van der Waals surface area contributed by atoms with Crippen LogP contribution in [0.4, 0.5) is 0 Å². The van der Waals surface area contributed by atoms with Gasteiger partial charge in [0.05, 0.1) is 12.3 Å². The van der Waals surface area contributed by atoms with E-state index in [0.717, 1.165) is 11.1 Å². The number of aromatic nitrogens is 4. The van der Waals surface area contributed by atoms with E-state index in [9.17, 15) is 8.42 Å². The first-order valence-corrected chi connectivity index (χ1v) is 7.88. The number of rotatable bonds is 5. The maximum atomic E-state index is 11.4. The fraction of sp³-hybridized carbons (Fsp3) is 0.417. The summed E-state index contributed by atoms with van der Waals surface area (Å²) in [6.07, 6.45) is 0. The Morgan fingerprint density at radius 1 is 1.26 bits per heavy atom. The molecule has 2 aromatic rings. The minimum Gasteiger partial charge on any atom is -0.229 e. The highest BCUT2D eigenvalue weighted by molar-refractivity contribution is 7.91. The Morgan fingerprint density at radius 2 is 2.00 bits per heavy atom. The summed E-state index contributed by atoms with van der Waals surface area (Å²) in [6, 6.07) is 7.73. The Bertz CT molecular complexity index is 664. The van der Waals surface area contributed by atoms with E-state index in [2.05, 4.69) is 15.4 Å². The normalized spacial score (nSPS) is 11.7. The molecule has 0 unspecified atom stereocenters. The Kier molecular flexibility index (Phi) is 3.94. The number of hydrogen-bond acceptors (Lipinski definition) is 5. The maximum Gasteiger partial charge on any atom is 0.205 e. The molecule has 0 saturated heterocycles. The highest BCUT2D eigenvalue weighted by atomic mass is 32.2. The molecule has 0 aliphatic heterocycles. The monoisotopic (exact) mass is 280 g/mol. The van der Waals surface area contributed by atoms with Crippen LogP contribution in [-0.4, -0.2) is 40.1 Å². The van der Waals surface area contributed by atoms with Crippen LogP contribution in [0, 0.1) is 6.92 Å². The second-order valence-electron chi connectivity index (χ2n) is 4.26. The molecule has 1 aromatic carbocycles. The van der Waals surface area contributed by atoms with Gasteiger partial charge in [-0.05, 0) is 17.7 Å². The average Bonchev–Trinajstić information content (AvgIpc) is 2.86. The fourth-order valence-electron chi connectivity index (χ4n) is 1.63. The fourth-order valence-corrected chi connectivity index (χ4v) is 2.36. The largest absolute Gasteiger partial charge is 0.229 e. The van der Waals surface area contributed by atoms with Gasteiger partial charge in [-0.3, -0.25) is 0 Å². The van der Waals surface area contributed by atoms with Gasteiger partial charge in [0.25, 0.3) is 0 Å². The molecule has 7 heteroatoms. The van der Waals surface area contributed by atoms with Crippen LogP contribution in [0.2, 0.25) is 0 Å². The van der Waals surface area contributed by atoms with Crippen molar-refractivity contribution in [2.75, 3.05) is 11.5 Å². The molecular formula is C12H16N4O2S. The zero-order valence-electron chi connectivity index (χ0n) is 10.9. The minimum absolute atomic E-state index is 0.0348. The van der Waals surface area contributed by atoms with Gasteiger partial charge in [0.2, 0.25) is 5.82 Å². The number of tetrazole rings is 1. The summed E-state index contributed by atoms with van der Waals surface area (Å²) >= 11 is 0. The van der Waals surface area contributed by atoms with Crippen molar-refractivity contribution < 1.29 is 8.42 Å². The van der Waals surface area contributed by atoms with Crippen molar-refractivity contribution in [1.29, 1.82) is 0 Å². The molecular weight excluding hydrogens is 264 g/mol. The molecule has 2 rings (SSSR count). The van der Waals surface area contributed by atoms with E-state index in [-0.39, 0.29) is 18.1 Å². The van der Waals surface area contributed by atoms with Gasteiger partial charge in [-0.25, -0.2) is 8.42 Å². The van der Waals surface area contributed by atoms with Crippen molar-refractivity contribution in [3.63, 3.8) is 0 Å². The van der Waals surface area contributed by atoms with Gasteiger partial charge in [-0.2, -0.15) is 4.80 Å². The highest BCUT2D eigenvalue weighted by Crippen LogP contribution is 2.17. The Balaban J connectivity index is 2.14. The maximum absolute atomic E-state index is 11.4. The number of hydrogen-bond donors (Lipinski definition) is 0. The third-order valence-corrected chi connectivity index (χ3v) is 4.57. The molecule has 0 bridgehead atoms. The van der Waals surface area contributed by atoms with Crippen molar-refractivity contribution in [2.45, 2.75) is 20.4 Å². The lowest BCUT2D eigenvalue weighted by molar-refractivity contribution is 0.538. The van der Waals surface area contributed by atoms with Gasteiger partial charge in [0.1, 0.15) is 0 Å². The molecule has 0 aliphatic carbocycles. The molecule has 0 amide bonds. The van der Waals surface area contributed by atoms with Crippen molar-refractivity contribution in [3.05, 3.63) is 29.8 Å². The standard InChI is InChI=1S/C12H16N4O2S/c1-3-19(17,18)9-8-16-14-12(13-15-16)11-7-5-4-6-10(11)2/h4-7H,3,8-9H2,1-2H3. The molecule has 0 saturated carbocycles. The summed E-state index contributed by atoms with van der Waals surface area (Å²) in [6.45, 7) is 3.83. The Labute approximate surface area is 112 Å². The summed E-state index contributed by atoms with van der Waals surface area (Å²) < 4.78 is 22.8. The van der Waals surface area contributed by atoms with E-state index >= 15 is 0 Å². The van der Waals surface area contributed by atoms with Crippen LogP contribution in [-0.2, 0) is 16.4 Å². The van der Waals surface area contributed by atoms with E-state index in [0.29, 0.717) is 5.82 Å². The number of aryl methyl sites for hydroxylation is 2. The first-order valence-electron chi connectivity index (χ1n) is 6.06. The van der Waals surface area contributed by atoms with Crippen LogP contribution in [0.25, 0.3) is 11.4 Å². The van der Waals surface area contributed by atoms with Crippen LogP contribution in [0.5, 0.6) is 0 Å². The molecule has 0 aliphatic rings. The molecule has 0 radical (unpaired) electrons. The van der Waals surface area contributed by atoms with Gasteiger partial charge in [0.15, 0.2) is 9.84 Å². The van der Waals surface area contributed by atoms with Gasteiger partial charge in [-0.1, -0.05) is 31.2 Å². The zero-order chi connectivity index (χ0) is 13.9. The third-order valence-electron chi connectivity index (χ3n) is 2.88. The lowest BCUT2D eigenvalue weighted by Gasteiger charge is -2.00. The molecule has 102 valence electrons. The first-order chi connectivity index (χ1) is 9.02. The minimum atomic E-state index is -3.01. The van der Waals surface area contributed by atoms with Crippen molar-refractivity contribution in [2.24, 2.45) is 0 Å². The van der Waals surface area contributed by atoms with E-state index in [1.54, 1.807) is 6.92 Å². The summed E-state index contributed by atoms with van der Waals surface area (Å²) in [7, 11) is -3.01. The lowest BCUT2D eigenvalue weighted by Crippen LogP contribution is -2.16. The predicted molar refractivity (Wildman–Crippen MR) is 72.3 cm³/mol. The smallest absolute Gasteiger partial charge is 0.205 e. The molecule has 0 atom stereocenters. The second-order valence-corrected chi connectivity index (χ2v) is 6.73. The van der Waals surface area contributed by atoms with Gasteiger partial charge < -0.3 is 0 Å². The molecule has 0 fully saturated rings. The molecule has 0 N–H and O–H groups in total. The quantitative estimate of drug-likeness (QED) is 0.819. The number of sulfone groups is 1. The van der Waals surface area contributed by atoms with E-state index < -0.39 is 9.84 Å². The average molecular weight is 280 g/mol. The van der Waals surface area contributed by atoms with Crippen LogP contribution >= 0.6 is 0 Å². The molecule has 1 aromatic heterocycles. The number of benzene rings is 1. The van der Waals surface area contributed by atoms with Crippen LogP contribution in [0.1, 0.15) is 12.5 Å². The van der Waals surface area contributed by atoms with Gasteiger partial charge >= 0.3 is 0 Å². The van der Waals surface area contributed by atoms with Gasteiger partial charge in [-0.15, -0.1) is 10.2 Å². The van der Waals surface area contributed by atoms with Crippen molar-refractivity contribution in [3.8, 4) is 11.4 Å². The molecule has 1 heterocycles. The second kappa shape index (κ2) is 5.48.